The minimum Gasteiger partial charge on any atom is -0.245 e. The van der Waals surface area contributed by atoms with E-state index in [4.69, 9.17) is 35.5 Å². The van der Waals surface area contributed by atoms with Crippen LogP contribution in [0, 0.1) is 17.8 Å². The molecule has 0 aromatic carbocycles. The smallest absolute Gasteiger partial charge is 0.245 e. The molecule has 6 nitrogen and oxygen atoms in total. The van der Waals surface area contributed by atoms with Crippen LogP contribution in [-0.4, -0.2) is 25.1 Å². The van der Waals surface area contributed by atoms with Crippen molar-refractivity contribution in [2.24, 2.45) is 5.41 Å². The van der Waals surface area contributed by atoms with E-state index >= 15 is 0 Å². The van der Waals surface area contributed by atoms with Crippen molar-refractivity contribution >= 4 is 7.32 Å². The fourth-order valence-corrected chi connectivity index (χ4v) is 1.62. The minimum absolute atomic E-state index is 0.0371. The van der Waals surface area contributed by atoms with E-state index in [9.17, 15) is 0 Å². The van der Waals surface area contributed by atoms with Crippen molar-refractivity contribution in [1.82, 2.24) is 0 Å². The lowest BCUT2D eigenvalue weighted by molar-refractivity contribution is -0.378. The molecule has 0 fully saturated rings. The second-order valence-electron chi connectivity index (χ2n) is 7.06. The molecule has 0 spiro atoms. The molecule has 0 radical (unpaired) electrons. The summed E-state index contributed by atoms with van der Waals surface area (Å²) in [6, 6.07) is 0. The summed E-state index contributed by atoms with van der Waals surface area (Å²) in [5, 5.41) is 0. The fraction of sp³-hybridized carbons (Fsp3) is 0.867. The molecule has 128 valence electrons. The second kappa shape index (κ2) is 9.51. The van der Waals surface area contributed by atoms with Crippen molar-refractivity contribution in [2.75, 3.05) is 0 Å². The van der Waals surface area contributed by atoms with Gasteiger partial charge in [-0.05, 0) is 46.5 Å². The van der Waals surface area contributed by atoms with Crippen LogP contribution in [0.5, 0.6) is 0 Å². The molecular weight excluding hydrogens is 287 g/mol. The van der Waals surface area contributed by atoms with Crippen LogP contribution in [0.3, 0.4) is 0 Å². The fourth-order valence-electron chi connectivity index (χ4n) is 1.62. The Kier molecular flexibility index (Phi) is 9.24. The molecule has 0 rings (SSSR count). The predicted octanol–water partition coefficient (Wildman–Crippen LogP) is 3.46. The maximum absolute atomic E-state index is 5.55. The van der Waals surface area contributed by atoms with Crippen LogP contribution in [0.4, 0.5) is 0 Å². The van der Waals surface area contributed by atoms with Crippen molar-refractivity contribution < 1.29 is 29.1 Å². The molecule has 0 aliphatic carbocycles. The van der Waals surface area contributed by atoms with Gasteiger partial charge in [0, 0.05) is 0 Å². The van der Waals surface area contributed by atoms with Crippen molar-refractivity contribution in [3.63, 3.8) is 0 Å². The molecule has 0 aliphatic heterocycles. The van der Waals surface area contributed by atoms with Gasteiger partial charge in [-0.1, -0.05) is 26.7 Å². The molecule has 0 aromatic heterocycles. The van der Waals surface area contributed by atoms with Gasteiger partial charge in [-0.25, -0.2) is 29.1 Å². The Morgan fingerprint density at radius 1 is 0.909 bits per heavy atom. The maximum Gasteiger partial charge on any atom is 0.725 e. The average molecular weight is 316 g/mol. The van der Waals surface area contributed by atoms with Crippen molar-refractivity contribution in [2.45, 2.75) is 79.6 Å². The highest BCUT2D eigenvalue weighted by Crippen LogP contribution is 2.29. The third-order valence-corrected chi connectivity index (χ3v) is 2.14. The van der Waals surface area contributed by atoms with Crippen LogP contribution in [-0.2, 0) is 29.1 Å². The van der Waals surface area contributed by atoms with E-state index < -0.39 is 12.9 Å². The molecule has 0 bridgehead atoms. The molecule has 0 aliphatic rings. The summed E-state index contributed by atoms with van der Waals surface area (Å²) < 4.78 is 0. The van der Waals surface area contributed by atoms with E-state index in [1.165, 1.54) is 0 Å². The zero-order valence-electron chi connectivity index (χ0n) is 15.0. The summed E-state index contributed by atoms with van der Waals surface area (Å²) in [6.45, 7) is 15.1. The van der Waals surface area contributed by atoms with Gasteiger partial charge < -0.3 is 0 Å². The zero-order valence-corrected chi connectivity index (χ0v) is 15.0. The zero-order chi connectivity index (χ0) is 17.4. The Hall–Kier alpha value is -0.615. The Bertz CT molecular complexity index is 335. The van der Waals surface area contributed by atoms with E-state index in [2.05, 4.69) is 26.7 Å². The van der Waals surface area contributed by atoms with E-state index in [0.717, 1.165) is 0 Å². The van der Waals surface area contributed by atoms with Gasteiger partial charge in [0.1, 0.15) is 0 Å². The molecule has 7 heteroatoms. The van der Waals surface area contributed by atoms with Crippen LogP contribution in [0.15, 0.2) is 0 Å². The standard InChI is InChI=1S/C15H29BO6/c1-10-15(9,11-14(6,7)8)19-22-16(20-17-12(2)3)21-18-13(4)5/h1,12-13H,11H2,2-9H3. The number of hydrogen-bond donors (Lipinski definition) is 0. The van der Waals surface area contributed by atoms with Crippen molar-refractivity contribution in [1.29, 1.82) is 0 Å². The van der Waals surface area contributed by atoms with Crippen molar-refractivity contribution in [3.8, 4) is 12.3 Å². The maximum atomic E-state index is 5.55. The molecule has 1 unspecified atom stereocenters. The first kappa shape index (κ1) is 21.4. The lowest BCUT2D eigenvalue weighted by Crippen LogP contribution is -2.38. The number of rotatable bonds is 10. The first-order valence-corrected chi connectivity index (χ1v) is 7.44. The quantitative estimate of drug-likeness (QED) is 0.266. The van der Waals surface area contributed by atoms with E-state index in [1.54, 1.807) is 34.6 Å². The van der Waals surface area contributed by atoms with E-state index in [1.807, 2.05) is 0 Å². The highest BCUT2D eigenvalue weighted by molar-refractivity contribution is 6.35. The van der Waals surface area contributed by atoms with Crippen LogP contribution in [0.1, 0.15) is 61.8 Å². The summed E-state index contributed by atoms with van der Waals surface area (Å²) in [4.78, 5) is 30.3. The normalized spacial score (nSPS) is 15.0. The minimum atomic E-state index is -1.31. The Morgan fingerprint density at radius 3 is 1.68 bits per heavy atom. The molecule has 0 N–H and O–H groups in total. The highest BCUT2D eigenvalue weighted by atomic mass is 17.3. The molecule has 0 heterocycles. The predicted molar refractivity (Wildman–Crippen MR) is 83.8 cm³/mol. The van der Waals surface area contributed by atoms with Crippen LogP contribution in [0.2, 0.25) is 0 Å². The topological polar surface area (TPSA) is 55.4 Å². The number of hydrogen-bond acceptors (Lipinski definition) is 6. The van der Waals surface area contributed by atoms with Gasteiger partial charge in [0.05, 0.1) is 12.2 Å². The molecule has 0 saturated heterocycles. The van der Waals surface area contributed by atoms with Gasteiger partial charge in [0.25, 0.3) is 0 Å². The summed E-state index contributed by atoms with van der Waals surface area (Å²) >= 11 is 0. The number of terminal acetylenes is 1. The van der Waals surface area contributed by atoms with Gasteiger partial charge in [-0.15, -0.1) is 6.42 Å². The summed E-state index contributed by atoms with van der Waals surface area (Å²) in [5.41, 5.74) is -0.969. The summed E-state index contributed by atoms with van der Waals surface area (Å²) in [5.74, 6) is 2.58. The third kappa shape index (κ3) is 11.0. The van der Waals surface area contributed by atoms with E-state index in [0.29, 0.717) is 6.42 Å². The summed E-state index contributed by atoms with van der Waals surface area (Å²) in [6.07, 6.45) is 5.77. The van der Waals surface area contributed by atoms with Gasteiger partial charge in [-0.2, -0.15) is 0 Å². The third-order valence-electron chi connectivity index (χ3n) is 2.14. The van der Waals surface area contributed by atoms with Gasteiger partial charge >= 0.3 is 7.32 Å². The van der Waals surface area contributed by atoms with Gasteiger partial charge in [-0.3, -0.25) is 0 Å². The first-order valence-electron chi connectivity index (χ1n) is 7.44. The van der Waals surface area contributed by atoms with Crippen LogP contribution in [0.25, 0.3) is 0 Å². The SMILES string of the molecule is C#CC(C)(CC(C)(C)C)OOB(OOC(C)C)OOC(C)C. The average Bonchev–Trinajstić information content (AvgIpc) is 2.35. The molecule has 0 aromatic rings. The Labute approximate surface area is 134 Å². The largest absolute Gasteiger partial charge is 0.725 e. The highest BCUT2D eigenvalue weighted by Gasteiger charge is 2.35. The Morgan fingerprint density at radius 2 is 1.36 bits per heavy atom. The molecule has 0 saturated carbocycles. The van der Waals surface area contributed by atoms with Gasteiger partial charge in [0.15, 0.2) is 5.60 Å². The lowest BCUT2D eigenvalue weighted by atomic mass is 9.83. The van der Waals surface area contributed by atoms with Gasteiger partial charge in [0.2, 0.25) is 0 Å². The molecular formula is C15H29BO6. The molecule has 22 heavy (non-hydrogen) atoms. The van der Waals surface area contributed by atoms with E-state index in [-0.39, 0.29) is 17.6 Å². The molecule has 1 atom stereocenters. The van der Waals surface area contributed by atoms with Crippen LogP contribution < -0.4 is 0 Å². The Balaban J connectivity index is 4.59. The summed E-state index contributed by atoms with van der Waals surface area (Å²) in [7, 11) is -1.31. The lowest BCUT2D eigenvalue weighted by Gasteiger charge is -2.30. The first-order chi connectivity index (χ1) is 9.97. The van der Waals surface area contributed by atoms with Crippen LogP contribution >= 0.6 is 0 Å². The molecule has 0 amide bonds. The van der Waals surface area contributed by atoms with Crippen molar-refractivity contribution in [3.05, 3.63) is 0 Å². The second-order valence-corrected chi connectivity index (χ2v) is 7.06. The monoisotopic (exact) mass is 316 g/mol.